The van der Waals surface area contributed by atoms with E-state index in [1.165, 1.54) is 0 Å². The van der Waals surface area contributed by atoms with Gasteiger partial charge in [0, 0.05) is 5.39 Å². The molecular formula is C21H28O3Si. The Bertz CT molecular complexity index is 785. The normalized spacial score (nSPS) is 13.0. The number of fused-ring (bicyclic) bond motifs is 1. The van der Waals surface area contributed by atoms with Gasteiger partial charge in [0.15, 0.2) is 0 Å². The van der Waals surface area contributed by atoms with E-state index in [0.29, 0.717) is 13.1 Å². The van der Waals surface area contributed by atoms with Gasteiger partial charge in [-0.1, -0.05) is 57.2 Å². The Balaban J connectivity index is 2.47. The smallest absolute Gasteiger partial charge is 0.293 e. The third-order valence-corrected chi connectivity index (χ3v) is 9.21. The van der Waals surface area contributed by atoms with Crippen LogP contribution in [-0.2, 0) is 9.53 Å². The van der Waals surface area contributed by atoms with Crippen molar-refractivity contribution in [3.8, 4) is 5.75 Å². The van der Waals surface area contributed by atoms with Crippen LogP contribution in [0.4, 0.5) is 0 Å². The molecule has 0 radical (unpaired) electrons. The van der Waals surface area contributed by atoms with Crippen molar-refractivity contribution in [2.24, 2.45) is 0 Å². The summed E-state index contributed by atoms with van der Waals surface area (Å²) in [5, 5.41) is 2.41. The molecule has 25 heavy (non-hydrogen) atoms. The molecule has 0 amide bonds. The molecule has 0 aromatic heterocycles. The van der Waals surface area contributed by atoms with E-state index in [2.05, 4.69) is 64.2 Å². The van der Waals surface area contributed by atoms with Gasteiger partial charge in [-0.15, -0.1) is 0 Å². The van der Waals surface area contributed by atoms with Crippen LogP contribution in [0.2, 0.25) is 18.1 Å². The molecule has 0 atom stereocenters. The molecule has 0 unspecified atom stereocenters. The van der Waals surface area contributed by atoms with Gasteiger partial charge in [-0.25, -0.2) is 0 Å². The molecule has 0 fully saturated rings. The molecule has 0 bridgehead atoms. The monoisotopic (exact) mass is 356 g/mol. The number of hydrogen-bond acceptors (Lipinski definition) is 3. The fraction of sp³-hybridized carbons (Fsp3) is 0.381. The van der Waals surface area contributed by atoms with Gasteiger partial charge in [-0.2, -0.15) is 0 Å². The van der Waals surface area contributed by atoms with Crippen molar-refractivity contribution >= 4 is 31.6 Å². The van der Waals surface area contributed by atoms with Crippen LogP contribution in [0.5, 0.6) is 5.75 Å². The highest BCUT2D eigenvalue weighted by atomic mass is 28.4. The predicted molar refractivity (Wildman–Crippen MR) is 107 cm³/mol. The first kappa shape index (κ1) is 19.3. The lowest BCUT2D eigenvalue weighted by Gasteiger charge is -2.36. The average Bonchev–Trinajstić information content (AvgIpc) is 2.54. The number of hydrogen-bond donors (Lipinski definition) is 0. The van der Waals surface area contributed by atoms with Crippen molar-refractivity contribution in [3.63, 3.8) is 0 Å². The quantitative estimate of drug-likeness (QED) is 0.485. The molecule has 2 rings (SSSR count). The molecule has 0 saturated heterocycles. The Labute approximate surface area is 151 Å². The highest BCUT2D eigenvalue weighted by Gasteiger charge is 2.39. The topological polar surface area (TPSA) is 35.5 Å². The number of rotatable bonds is 6. The summed E-state index contributed by atoms with van der Waals surface area (Å²) in [5.74, 6) is 0.945. The minimum Gasteiger partial charge on any atom is -0.543 e. The van der Waals surface area contributed by atoms with Crippen molar-refractivity contribution < 1.29 is 14.0 Å². The Morgan fingerprint density at radius 2 is 1.72 bits per heavy atom. The van der Waals surface area contributed by atoms with Crippen LogP contribution in [0.1, 0.15) is 33.3 Å². The molecule has 2 aromatic rings. The van der Waals surface area contributed by atoms with Gasteiger partial charge in [0.1, 0.15) is 12.4 Å². The standard InChI is InChI=1S/C21H28O3Si/c1-16(14-23-15-22)13-17-11-12-20(19-10-8-7-9-18(17)19)24-25(5,6)21(2,3)4/h7-13,15H,14H2,1-6H3/b16-13+. The van der Waals surface area contributed by atoms with Gasteiger partial charge in [0.25, 0.3) is 14.8 Å². The van der Waals surface area contributed by atoms with E-state index in [0.717, 1.165) is 27.7 Å². The molecule has 3 nitrogen and oxygen atoms in total. The second kappa shape index (κ2) is 7.44. The molecule has 0 spiro atoms. The van der Waals surface area contributed by atoms with Crippen molar-refractivity contribution in [1.29, 1.82) is 0 Å². The summed E-state index contributed by atoms with van der Waals surface area (Å²) in [7, 11) is -1.90. The van der Waals surface area contributed by atoms with Crippen LogP contribution in [-0.4, -0.2) is 21.4 Å². The summed E-state index contributed by atoms with van der Waals surface area (Å²) in [6.45, 7) is 14.0. The first-order valence-electron chi connectivity index (χ1n) is 8.59. The second-order valence-corrected chi connectivity index (χ2v) is 12.7. The van der Waals surface area contributed by atoms with Crippen molar-refractivity contribution in [2.45, 2.75) is 45.8 Å². The minimum absolute atomic E-state index is 0.148. The zero-order chi connectivity index (χ0) is 18.7. The lowest BCUT2D eigenvalue weighted by atomic mass is 10.0. The summed E-state index contributed by atoms with van der Waals surface area (Å²) in [4.78, 5) is 10.4. The van der Waals surface area contributed by atoms with Crippen LogP contribution < -0.4 is 4.43 Å². The number of benzene rings is 2. The largest absolute Gasteiger partial charge is 0.543 e. The van der Waals surface area contributed by atoms with Crippen LogP contribution in [0.15, 0.2) is 42.0 Å². The third-order valence-electron chi connectivity index (χ3n) is 4.87. The first-order valence-corrected chi connectivity index (χ1v) is 11.5. The molecule has 0 aliphatic carbocycles. The summed E-state index contributed by atoms with van der Waals surface area (Å²) < 4.78 is 11.4. The second-order valence-electron chi connectivity index (χ2n) is 7.96. The lowest BCUT2D eigenvalue weighted by Crippen LogP contribution is -2.43. The van der Waals surface area contributed by atoms with Gasteiger partial charge in [-0.3, -0.25) is 4.79 Å². The van der Waals surface area contributed by atoms with Crippen LogP contribution >= 0.6 is 0 Å². The highest BCUT2D eigenvalue weighted by molar-refractivity contribution is 6.74. The molecule has 4 heteroatoms. The molecular weight excluding hydrogens is 328 g/mol. The average molecular weight is 357 g/mol. The molecule has 0 saturated carbocycles. The molecule has 0 N–H and O–H groups in total. The fourth-order valence-corrected chi connectivity index (χ4v) is 3.44. The van der Waals surface area contributed by atoms with Crippen molar-refractivity contribution in [1.82, 2.24) is 0 Å². The molecule has 0 aliphatic rings. The van der Waals surface area contributed by atoms with Gasteiger partial charge >= 0.3 is 0 Å². The van der Waals surface area contributed by atoms with E-state index in [-0.39, 0.29) is 5.04 Å². The third kappa shape index (κ3) is 4.51. The van der Waals surface area contributed by atoms with Crippen LogP contribution in [0, 0.1) is 0 Å². The number of carbonyl (C=O) groups is 1. The minimum atomic E-state index is -1.90. The Kier molecular flexibility index (Phi) is 5.73. The molecule has 2 aromatic carbocycles. The van der Waals surface area contributed by atoms with Gasteiger partial charge < -0.3 is 9.16 Å². The zero-order valence-electron chi connectivity index (χ0n) is 16.1. The zero-order valence-corrected chi connectivity index (χ0v) is 17.1. The summed E-state index contributed by atoms with van der Waals surface area (Å²) in [6, 6.07) is 12.4. The Morgan fingerprint density at radius 3 is 2.32 bits per heavy atom. The van der Waals surface area contributed by atoms with Crippen molar-refractivity contribution in [2.75, 3.05) is 6.61 Å². The van der Waals surface area contributed by atoms with E-state index in [9.17, 15) is 4.79 Å². The first-order chi connectivity index (χ1) is 11.7. The predicted octanol–water partition coefficient (Wildman–Crippen LogP) is 5.80. The number of ether oxygens (including phenoxy) is 1. The van der Waals surface area contributed by atoms with Gasteiger partial charge in [0.05, 0.1) is 0 Å². The maximum Gasteiger partial charge on any atom is 0.293 e. The summed E-state index contributed by atoms with van der Waals surface area (Å²) in [5.41, 5.74) is 2.10. The van der Waals surface area contributed by atoms with Gasteiger partial charge in [0.2, 0.25) is 0 Å². The lowest BCUT2D eigenvalue weighted by molar-refractivity contribution is -0.127. The molecule has 0 aliphatic heterocycles. The van der Waals surface area contributed by atoms with E-state index < -0.39 is 8.32 Å². The Hall–Kier alpha value is -2.07. The van der Waals surface area contributed by atoms with E-state index >= 15 is 0 Å². The molecule has 134 valence electrons. The Morgan fingerprint density at radius 1 is 1.08 bits per heavy atom. The summed E-state index contributed by atoms with van der Waals surface area (Å²) in [6.07, 6.45) is 2.06. The van der Waals surface area contributed by atoms with Crippen molar-refractivity contribution in [3.05, 3.63) is 47.5 Å². The van der Waals surface area contributed by atoms with Gasteiger partial charge in [-0.05, 0) is 47.6 Å². The number of carbonyl (C=O) groups excluding carboxylic acids is 1. The fourth-order valence-electron chi connectivity index (χ4n) is 2.41. The summed E-state index contributed by atoms with van der Waals surface area (Å²) >= 11 is 0. The van der Waals surface area contributed by atoms with E-state index in [1.807, 2.05) is 19.1 Å². The maximum atomic E-state index is 10.4. The SMILES string of the molecule is C/C(=C\c1ccc(O[Si](C)(C)C(C)(C)C)c2ccccc12)COC=O. The van der Waals surface area contributed by atoms with E-state index in [1.54, 1.807) is 0 Å². The van der Waals surface area contributed by atoms with Crippen LogP contribution in [0.25, 0.3) is 16.8 Å². The maximum absolute atomic E-state index is 10.4. The molecule has 0 heterocycles. The van der Waals surface area contributed by atoms with Crippen LogP contribution in [0.3, 0.4) is 0 Å². The van der Waals surface area contributed by atoms with E-state index in [4.69, 9.17) is 9.16 Å². The highest BCUT2D eigenvalue weighted by Crippen LogP contribution is 2.39.